The number of hydrogen-bond donors (Lipinski definition) is 5. The minimum absolute atomic E-state index is 0.00327. The predicted molar refractivity (Wildman–Crippen MR) is 151 cm³/mol. The first-order chi connectivity index (χ1) is 19.0. The fourth-order valence-electron chi connectivity index (χ4n) is 4.44. The topological polar surface area (TPSA) is 163 Å². The molecule has 1 atom stereocenters. The summed E-state index contributed by atoms with van der Waals surface area (Å²) in [6, 6.07) is 0. The van der Waals surface area contributed by atoms with Gasteiger partial charge in [0.25, 0.3) is 0 Å². The van der Waals surface area contributed by atoms with Crippen LogP contribution >= 0.6 is 7.60 Å². The van der Waals surface area contributed by atoms with Crippen molar-refractivity contribution in [1.29, 1.82) is 0 Å². The van der Waals surface area contributed by atoms with E-state index < -0.39 is 25.2 Å². The zero-order valence-electron chi connectivity index (χ0n) is 23.1. The Balaban J connectivity index is 3.09. The molecule has 0 saturated heterocycles. The van der Waals surface area contributed by atoms with Crippen LogP contribution in [-0.2, 0) is 28.3 Å². The minimum atomic E-state index is -3.65. The van der Waals surface area contributed by atoms with Crippen molar-refractivity contribution in [2.45, 2.75) is 82.8 Å². The number of hydrogen-bond acceptors (Lipinski definition) is 6. The third kappa shape index (κ3) is 13.7. The molecule has 220 valence electrons. The van der Waals surface area contributed by atoms with Gasteiger partial charge in [-0.05, 0) is 44.9 Å². The van der Waals surface area contributed by atoms with Crippen LogP contribution in [0.25, 0.3) is 0 Å². The standard InChI is InChI=1S/C28H41N4O7P/c1-5-19-29-24(33)13-16-28(17-14-25(34)30-20-6-2,18-15-26(35)31-21-7-3)32-27(36)22-9-11-23(12-10-22)39-40(37,38)8-4/h1-3,22-23H,8-21H2,4H3,(H,29,33)(H,30,34)(H,31,35)(H,32,36)(H,37,38)/t22-,23-. The lowest BCUT2D eigenvalue weighted by molar-refractivity contribution is -0.131. The highest BCUT2D eigenvalue weighted by Crippen LogP contribution is 2.45. The van der Waals surface area contributed by atoms with Crippen molar-refractivity contribution in [3.63, 3.8) is 0 Å². The van der Waals surface area contributed by atoms with Crippen LogP contribution in [-0.4, -0.2) is 66.0 Å². The Bertz CT molecular complexity index is 965. The van der Waals surface area contributed by atoms with Gasteiger partial charge in [0.2, 0.25) is 23.6 Å². The fourth-order valence-corrected chi connectivity index (χ4v) is 5.26. The molecule has 11 nitrogen and oxygen atoms in total. The summed E-state index contributed by atoms with van der Waals surface area (Å²) in [5.41, 5.74) is -1.07. The van der Waals surface area contributed by atoms with Gasteiger partial charge in [-0.2, -0.15) is 0 Å². The molecule has 1 rings (SSSR count). The van der Waals surface area contributed by atoms with E-state index in [0.717, 1.165) is 0 Å². The quantitative estimate of drug-likeness (QED) is 0.128. The number of rotatable bonds is 17. The fraction of sp³-hybridized carbons (Fsp3) is 0.643. The average Bonchev–Trinajstić information content (AvgIpc) is 2.94. The monoisotopic (exact) mass is 576 g/mol. The van der Waals surface area contributed by atoms with E-state index in [1.165, 1.54) is 0 Å². The van der Waals surface area contributed by atoms with Gasteiger partial charge in [0.1, 0.15) is 0 Å². The van der Waals surface area contributed by atoms with E-state index in [1.54, 1.807) is 6.92 Å². The van der Waals surface area contributed by atoms with Crippen molar-refractivity contribution >= 4 is 31.2 Å². The second-order valence-electron chi connectivity index (χ2n) is 9.74. The van der Waals surface area contributed by atoms with Gasteiger partial charge in [-0.3, -0.25) is 23.7 Å². The normalized spacial score (nSPS) is 18.1. The van der Waals surface area contributed by atoms with E-state index in [2.05, 4.69) is 39.0 Å². The summed E-state index contributed by atoms with van der Waals surface area (Å²) in [7, 11) is -3.65. The van der Waals surface area contributed by atoms with E-state index >= 15 is 0 Å². The van der Waals surface area contributed by atoms with Crippen molar-refractivity contribution in [3.8, 4) is 37.0 Å². The summed E-state index contributed by atoms with van der Waals surface area (Å²) in [5, 5.41) is 10.8. The number of nitrogens with one attached hydrogen (secondary N) is 4. The van der Waals surface area contributed by atoms with Crippen molar-refractivity contribution in [1.82, 2.24) is 21.3 Å². The summed E-state index contributed by atoms with van der Waals surface area (Å²) in [5.74, 6) is 5.32. The van der Waals surface area contributed by atoms with Crippen LogP contribution in [0.15, 0.2) is 0 Å². The van der Waals surface area contributed by atoms with Crippen LogP contribution in [0.1, 0.15) is 71.1 Å². The van der Waals surface area contributed by atoms with Gasteiger partial charge in [0.05, 0.1) is 25.7 Å². The zero-order valence-corrected chi connectivity index (χ0v) is 24.0. The highest BCUT2D eigenvalue weighted by molar-refractivity contribution is 7.52. The molecule has 0 spiro atoms. The molecular formula is C28H41N4O7P. The zero-order chi connectivity index (χ0) is 30.0. The number of carbonyl (C=O) groups is 4. The first-order valence-corrected chi connectivity index (χ1v) is 15.2. The Kier molecular flexibility index (Phi) is 15.7. The molecule has 1 fully saturated rings. The van der Waals surface area contributed by atoms with E-state index in [0.29, 0.717) is 25.7 Å². The smallest absolute Gasteiger partial charge is 0.328 e. The van der Waals surface area contributed by atoms with E-state index in [-0.39, 0.29) is 87.9 Å². The number of carbonyl (C=O) groups excluding carboxylic acids is 4. The maximum absolute atomic E-state index is 13.5. The SMILES string of the molecule is C#CCNC(=O)CCC(CCC(=O)NCC#C)(CCC(=O)NCC#C)NC(=O)[C@H]1CC[C@H](OP(=O)(O)CC)CC1. The molecular weight excluding hydrogens is 535 g/mol. The van der Waals surface area contributed by atoms with E-state index in [1.807, 2.05) is 0 Å². The molecule has 1 saturated carbocycles. The molecule has 0 aromatic carbocycles. The summed E-state index contributed by atoms with van der Waals surface area (Å²) < 4.78 is 17.3. The molecule has 1 unspecified atom stereocenters. The van der Waals surface area contributed by atoms with Gasteiger partial charge in [-0.15, -0.1) is 19.3 Å². The summed E-state index contributed by atoms with van der Waals surface area (Å²) in [6.07, 6.45) is 17.5. The van der Waals surface area contributed by atoms with Crippen molar-refractivity contribution in [2.24, 2.45) is 5.92 Å². The van der Waals surface area contributed by atoms with Crippen molar-refractivity contribution in [3.05, 3.63) is 0 Å². The van der Waals surface area contributed by atoms with Gasteiger partial charge in [0.15, 0.2) is 0 Å². The Morgan fingerprint density at radius 3 is 1.57 bits per heavy atom. The molecule has 4 amide bonds. The van der Waals surface area contributed by atoms with Crippen LogP contribution < -0.4 is 21.3 Å². The summed E-state index contributed by atoms with van der Waals surface area (Å²) >= 11 is 0. The molecule has 1 aliphatic rings. The maximum Gasteiger partial charge on any atom is 0.328 e. The Morgan fingerprint density at radius 1 is 0.825 bits per heavy atom. The first-order valence-electron chi connectivity index (χ1n) is 13.4. The molecule has 0 aromatic heterocycles. The number of terminal acetylenes is 3. The van der Waals surface area contributed by atoms with Gasteiger partial charge in [-0.25, -0.2) is 0 Å². The van der Waals surface area contributed by atoms with Crippen LogP contribution in [0.2, 0.25) is 0 Å². The first kappa shape index (κ1) is 34.7. The van der Waals surface area contributed by atoms with Gasteiger partial charge < -0.3 is 30.7 Å². The predicted octanol–water partition coefficient (Wildman–Crippen LogP) is 1.21. The Morgan fingerprint density at radius 2 is 1.23 bits per heavy atom. The average molecular weight is 577 g/mol. The van der Waals surface area contributed by atoms with Crippen molar-refractivity contribution in [2.75, 3.05) is 25.8 Å². The molecule has 0 aliphatic heterocycles. The highest BCUT2D eigenvalue weighted by Gasteiger charge is 2.37. The molecule has 0 bridgehead atoms. The van der Waals surface area contributed by atoms with Gasteiger partial charge in [0, 0.05) is 36.9 Å². The van der Waals surface area contributed by atoms with Gasteiger partial charge in [-0.1, -0.05) is 24.7 Å². The third-order valence-electron chi connectivity index (χ3n) is 6.80. The molecule has 1 aliphatic carbocycles. The highest BCUT2D eigenvalue weighted by atomic mass is 31.2. The third-order valence-corrected chi connectivity index (χ3v) is 8.23. The van der Waals surface area contributed by atoms with E-state index in [4.69, 9.17) is 23.8 Å². The number of amides is 4. The minimum Gasteiger partial charge on any atom is -0.350 e. The molecule has 0 aromatic rings. The summed E-state index contributed by atoms with van der Waals surface area (Å²) in [4.78, 5) is 60.4. The van der Waals surface area contributed by atoms with Gasteiger partial charge >= 0.3 is 7.60 Å². The molecule has 12 heteroatoms. The molecule has 0 heterocycles. The van der Waals surface area contributed by atoms with Crippen LogP contribution in [0.5, 0.6) is 0 Å². The second kappa shape index (κ2) is 18.1. The Hall–Kier alpha value is -3.29. The van der Waals surface area contributed by atoms with Crippen LogP contribution in [0, 0.1) is 42.9 Å². The summed E-state index contributed by atoms with van der Waals surface area (Å²) in [6.45, 7) is 1.72. The lowest BCUT2D eigenvalue weighted by Gasteiger charge is -2.37. The van der Waals surface area contributed by atoms with E-state index in [9.17, 15) is 28.6 Å². The largest absolute Gasteiger partial charge is 0.350 e. The molecule has 5 N–H and O–H groups in total. The molecule has 40 heavy (non-hydrogen) atoms. The van der Waals surface area contributed by atoms with Crippen LogP contribution in [0.3, 0.4) is 0 Å². The van der Waals surface area contributed by atoms with Crippen molar-refractivity contribution < 1.29 is 33.2 Å². The molecule has 0 radical (unpaired) electrons. The maximum atomic E-state index is 13.5. The lowest BCUT2D eigenvalue weighted by atomic mass is 9.81. The lowest BCUT2D eigenvalue weighted by Crippen LogP contribution is -2.52. The Labute approximate surface area is 237 Å². The van der Waals surface area contributed by atoms with Crippen LogP contribution in [0.4, 0.5) is 0 Å². The second-order valence-corrected chi connectivity index (χ2v) is 11.9.